The lowest BCUT2D eigenvalue weighted by atomic mass is 10.2. The SMILES string of the molecule is Cc1ccc(NC(=O)CSc2ccc3nnc(-c4cccc(F)c4)n3n2)cc1Cl. The third-order valence-corrected chi connectivity index (χ3v) is 5.46. The van der Waals surface area contributed by atoms with Crippen LogP contribution in [0.25, 0.3) is 17.0 Å². The van der Waals surface area contributed by atoms with Gasteiger partial charge in [0, 0.05) is 16.3 Å². The first-order valence-corrected chi connectivity index (χ1v) is 10.0. The van der Waals surface area contributed by atoms with Gasteiger partial charge < -0.3 is 5.32 Å². The molecular formula is C20H15ClFN5OS. The highest BCUT2D eigenvalue weighted by Crippen LogP contribution is 2.23. The molecule has 9 heteroatoms. The van der Waals surface area contributed by atoms with E-state index in [1.54, 1.807) is 36.4 Å². The van der Waals surface area contributed by atoms with Crippen molar-refractivity contribution in [3.05, 3.63) is 71.0 Å². The zero-order chi connectivity index (χ0) is 20.4. The maximum Gasteiger partial charge on any atom is 0.234 e. The summed E-state index contributed by atoms with van der Waals surface area (Å²) >= 11 is 7.36. The Balaban J connectivity index is 1.49. The Morgan fingerprint density at radius 2 is 2.03 bits per heavy atom. The van der Waals surface area contributed by atoms with Crippen molar-refractivity contribution in [1.29, 1.82) is 0 Å². The quantitative estimate of drug-likeness (QED) is 0.470. The smallest absolute Gasteiger partial charge is 0.234 e. The van der Waals surface area contributed by atoms with Gasteiger partial charge in [-0.1, -0.05) is 41.6 Å². The summed E-state index contributed by atoms with van der Waals surface area (Å²) in [6.45, 7) is 1.90. The molecule has 4 rings (SSSR count). The van der Waals surface area contributed by atoms with Crippen LogP contribution in [0.15, 0.2) is 59.6 Å². The number of nitrogens with zero attached hydrogens (tertiary/aromatic N) is 4. The summed E-state index contributed by atoms with van der Waals surface area (Å²) < 4.78 is 15.1. The Hall–Kier alpha value is -2.97. The number of amides is 1. The van der Waals surface area contributed by atoms with Crippen molar-refractivity contribution >= 4 is 40.6 Å². The third kappa shape index (κ3) is 4.38. The molecule has 0 aliphatic carbocycles. The van der Waals surface area contributed by atoms with Gasteiger partial charge in [0.25, 0.3) is 0 Å². The Morgan fingerprint density at radius 1 is 1.17 bits per heavy atom. The summed E-state index contributed by atoms with van der Waals surface area (Å²) in [7, 11) is 0. The van der Waals surface area contributed by atoms with Crippen molar-refractivity contribution in [2.24, 2.45) is 0 Å². The highest BCUT2D eigenvalue weighted by molar-refractivity contribution is 7.99. The minimum atomic E-state index is -0.363. The Morgan fingerprint density at radius 3 is 2.83 bits per heavy atom. The maximum absolute atomic E-state index is 13.5. The van der Waals surface area contributed by atoms with E-state index in [0.717, 1.165) is 5.56 Å². The first-order chi connectivity index (χ1) is 14.0. The normalized spacial score (nSPS) is 11.0. The molecule has 146 valence electrons. The fraction of sp³-hybridized carbons (Fsp3) is 0.100. The molecule has 6 nitrogen and oxygen atoms in total. The van der Waals surface area contributed by atoms with Crippen LogP contribution >= 0.6 is 23.4 Å². The van der Waals surface area contributed by atoms with Gasteiger partial charge in [0.1, 0.15) is 10.8 Å². The number of anilines is 1. The minimum absolute atomic E-state index is 0.168. The second kappa shape index (κ2) is 8.18. The van der Waals surface area contributed by atoms with Crippen molar-refractivity contribution in [2.45, 2.75) is 11.9 Å². The van der Waals surface area contributed by atoms with Crippen LogP contribution < -0.4 is 5.32 Å². The van der Waals surface area contributed by atoms with Crippen molar-refractivity contribution < 1.29 is 9.18 Å². The van der Waals surface area contributed by atoms with Crippen LogP contribution in [0.5, 0.6) is 0 Å². The molecule has 2 heterocycles. The summed E-state index contributed by atoms with van der Waals surface area (Å²) in [4.78, 5) is 12.2. The standard InChI is InChI=1S/C20H15ClFN5OS/c1-12-5-6-15(10-16(12)21)23-18(28)11-29-19-8-7-17-24-25-20(27(17)26-19)13-3-2-4-14(22)9-13/h2-10H,11H2,1H3,(H,23,28). The molecule has 2 aromatic carbocycles. The number of carbonyl (C=O) groups is 1. The number of nitrogens with one attached hydrogen (secondary N) is 1. The molecule has 29 heavy (non-hydrogen) atoms. The molecule has 1 amide bonds. The van der Waals surface area contributed by atoms with Gasteiger partial charge in [-0.05, 0) is 48.9 Å². The van der Waals surface area contributed by atoms with Crippen LogP contribution in [0.1, 0.15) is 5.56 Å². The van der Waals surface area contributed by atoms with Crippen LogP contribution in [0.4, 0.5) is 10.1 Å². The Labute approximate surface area is 175 Å². The number of benzene rings is 2. The fourth-order valence-electron chi connectivity index (χ4n) is 2.66. The molecule has 2 aromatic heterocycles. The van der Waals surface area contributed by atoms with E-state index < -0.39 is 0 Å². The molecule has 4 aromatic rings. The first-order valence-electron chi connectivity index (χ1n) is 8.67. The van der Waals surface area contributed by atoms with E-state index >= 15 is 0 Å². The number of thioether (sulfide) groups is 1. The molecule has 0 atom stereocenters. The number of halogens is 2. The van der Waals surface area contributed by atoms with E-state index in [1.165, 1.54) is 28.4 Å². The number of hydrogen-bond donors (Lipinski definition) is 1. The van der Waals surface area contributed by atoms with Gasteiger partial charge in [-0.15, -0.1) is 10.2 Å². The van der Waals surface area contributed by atoms with Crippen LogP contribution in [0, 0.1) is 12.7 Å². The molecule has 0 aliphatic heterocycles. The summed E-state index contributed by atoms with van der Waals surface area (Å²) in [5.41, 5.74) is 2.69. The van der Waals surface area contributed by atoms with Gasteiger partial charge in [-0.3, -0.25) is 4.79 Å². The maximum atomic E-state index is 13.5. The molecule has 1 N–H and O–H groups in total. The highest BCUT2D eigenvalue weighted by atomic mass is 35.5. The van der Waals surface area contributed by atoms with Crippen LogP contribution in [0.2, 0.25) is 5.02 Å². The average molecular weight is 428 g/mol. The lowest BCUT2D eigenvalue weighted by Gasteiger charge is -2.07. The van der Waals surface area contributed by atoms with Crippen LogP contribution in [-0.4, -0.2) is 31.5 Å². The van der Waals surface area contributed by atoms with Gasteiger partial charge in [-0.25, -0.2) is 4.39 Å². The summed E-state index contributed by atoms with van der Waals surface area (Å²) in [5, 5.41) is 16.7. The number of aromatic nitrogens is 4. The minimum Gasteiger partial charge on any atom is -0.325 e. The summed E-state index contributed by atoms with van der Waals surface area (Å²) in [6, 6.07) is 15.0. The summed E-state index contributed by atoms with van der Waals surface area (Å²) in [6.07, 6.45) is 0. The third-order valence-electron chi connectivity index (χ3n) is 4.13. The number of fused-ring (bicyclic) bond motifs is 1. The van der Waals surface area contributed by atoms with Crippen LogP contribution in [-0.2, 0) is 4.79 Å². The van der Waals surface area contributed by atoms with Gasteiger partial charge in [0.2, 0.25) is 5.91 Å². The molecule has 0 spiro atoms. The second-order valence-electron chi connectivity index (χ2n) is 6.28. The van der Waals surface area contributed by atoms with Crippen LogP contribution in [0.3, 0.4) is 0 Å². The van der Waals surface area contributed by atoms with Gasteiger partial charge in [0.05, 0.1) is 5.75 Å². The van der Waals surface area contributed by atoms with E-state index in [2.05, 4.69) is 20.6 Å². The number of rotatable bonds is 5. The van der Waals surface area contributed by atoms with Gasteiger partial charge >= 0.3 is 0 Å². The summed E-state index contributed by atoms with van der Waals surface area (Å²) in [5.74, 6) is 0.0609. The largest absolute Gasteiger partial charge is 0.325 e. The molecule has 0 fully saturated rings. The lowest BCUT2D eigenvalue weighted by Crippen LogP contribution is -2.14. The van der Waals surface area contributed by atoms with Crippen molar-refractivity contribution in [2.75, 3.05) is 11.1 Å². The number of aryl methyl sites for hydroxylation is 1. The zero-order valence-electron chi connectivity index (χ0n) is 15.3. The van der Waals surface area contributed by atoms with E-state index in [-0.39, 0.29) is 17.5 Å². The predicted molar refractivity (Wildman–Crippen MR) is 112 cm³/mol. The average Bonchev–Trinajstić information content (AvgIpc) is 3.12. The van der Waals surface area contributed by atoms with Gasteiger partial charge in [0.15, 0.2) is 11.5 Å². The first kappa shape index (κ1) is 19.4. The number of carbonyl (C=O) groups excluding carboxylic acids is 1. The Bertz CT molecular complexity index is 1210. The zero-order valence-corrected chi connectivity index (χ0v) is 16.8. The monoisotopic (exact) mass is 427 g/mol. The van der Waals surface area contributed by atoms with Crippen molar-refractivity contribution in [3.8, 4) is 11.4 Å². The number of hydrogen-bond acceptors (Lipinski definition) is 5. The van der Waals surface area contributed by atoms with E-state index in [9.17, 15) is 9.18 Å². The molecule has 0 radical (unpaired) electrons. The molecule has 0 unspecified atom stereocenters. The lowest BCUT2D eigenvalue weighted by molar-refractivity contribution is -0.113. The molecular weight excluding hydrogens is 413 g/mol. The topological polar surface area (TPSA) is 72.2 Å². The molecule has 0 saturated carbocycles. The fourth-order valence-corrected chi connectivity index (χ4v) is 3.50. The van der Waals surface area contributed by atoms with Crippen molar-refractivity contribution in [1.82, 2.24) is 19.8 Å². The van der Waals surface area contributed by atoms with E-state index in [1.807, 2.05) is 13.0 Å². The Kier molecular flexibility index (Phi) is 5.46. The van der Waals surface area contributed by atoms with E-state index in [0.29, 0.717) is 32.8 Å². The molecule has 0 bridgehead atoms. The molecule has 0 saturated heterocycles. The highest BCUT2D eigenvalue weighted by Gasteiger charge is 2.12. The van der Waals surface area contributed by atoms with Gasteiger partial charge in [-0.2, -0.15) is 9.61 Å². The second-order valence-corrected chi connectivity index (χ2v) is 7.68. The predicted octanol–water partition coefficient (Wildman–Crippen LogP) is 4.62. The van der Waals surface area contributed by atoms with Crippen molar-refractivity contribution in [3.63, 3.8) is 0 Å². The van der Waals surface area contributed by atoms with E-state index in [4.69, 9.17) is 11.6 Å². The molecule has 0 aliphatic rings.